The summed E-state index contributed by atoms with van der Waals surface area (Å²) in [7, 11) is 1.61. The van der Waals surface area contributed by atoms with Crippen LogP contribution in [0.5, 0.6) is 0 Å². The van der Waals surface area contributed by atoms with E-state index >= 15 is 0 Å². The van der Waals surface area contributed by atoms with E-state index in [0.717, 1.165) is 0 Å². The van der Waals surface area contributed by atoms with E-state index in [9.17, 15) is 0 Å². The summed E-state index contributed by atoms with van der Waals surface area (Å²) in [6, 6.07) is -0.0786. The second kappa shape index (κ2) is 3.49. The molecule has 0 aromatic heterocycles. The number of methoxy groups -OCH3 is 1. The van der Waals surface area contributed by atoms with E-state index in [1.54, 1.807) is 7.11 Å². The summed E-state index contributed by atoms with van der Waals surface area (Å²) in [6.07, 6.45) is 0.491. The summed E-state index contributed by atoms with van der Waals surface area (Å²) >= 11 is 0. The first-order valence-electron chi connectivity index (χ1n) is 3.84. The van der Waals surface area contributed by atoms with Crippen LogP contribution in [0.1, 0.15) is 13.3 Å². The Morgan fingerprint density at radius 3 is 2.55 bits per heavy atom. The van der Waals surface area contributed by atoms with Crippen molar-refractivity contribution < 1.29 is 9.47 Å². The van der Waals surface area contributed by atoms with Crippen molar-refractivity contribution in [1.82, 2.24) is 0 Å². The molecule has 0 saturated carbocycles. The van der Waals surface area contributed by atoms with Gasteiger partial charge in [-0.25, -0.2) is 0 Å². The monoisotopic (exact) mass is 160 g/mol. The fourth-order valence-corrected chi connectivity index (χ4v) is 1.26. The third kappa shape index (κ3) is 1.90. The van der Waals surface area contributed by atoms with Gasteiger partial charge in [0.2, 0.25) is 0 Å². The Labute approximate surface area is 66.8 Å². The van der Waals surface area contributed by atoms with Gasteiger partial charge in [0.1, 0.15) is 0 Å². The molecule has 4 N–H and O–H groups in total. The van der Waals surface area contributed by atoms with Crippen LogP contribution in [0.4, 0.5) is 0 Å². The van der Waals surface area contributed by atoms with Gasteiger partial charge in [-0.05, 0) is 6.92 Å². The highest BCUT2D eigenvalue weighted by Gasteiger charge is 2.31. The molecule has 11 heavy (non-hydrogen) atoms. The molecule has 0 aliphatic carbocycles. The fourth-order valence-electron chi connectivity index (χ4n) is 1.26. The van der Waals surface area contributed by atoms with Crippen molar-refractivity contribution >= 4 is 0 Å². The molecule has 0 aromatic rings. The van der Waals surface area contributed by atoms with E-state index in [4.69, 9.17) is 20.9 Å². The van der Waals surface area contributed by atoms with E-state index in [1.807, 2.05) is 6.92 Å². The first kappa shape index (κ1) is 8.93. The minimum absolute atomic E-state index is 0.0105. The molecule has 4 unspecified atom stereocenters. The quantitative estimate of drug-likeness (QED) is 0.538. The SMILES string of the molecule is COC1CC(N)C(N)C(C)O1. The zero-order valence-electron chi connectivity index (χ0n) is 6.99. The van der Waals surface area contributed by atoms with E-state index in [0.29, 0.717) is 6.42 Å². The average Bonchev–Trinajstić information content (AvgIpc) is 1.99. The Morgan fingerprint density at radius 1 is 1.45 bits per heavy atom. The second-order valence-electron chi connectivity index (χ2n) is 2.98. The zero-order chi connectivity index (χ0) is 8.43. The highest BCUT2D eigenvalue weighted by Crippen LogP contribution is 2.17. The number of ether oxygens (including phenoxy) is 2. The zero-order valence-corrected chi connectivity index (χ0v) is 6.99. The third-order valence-electron chi connectivity index (χ3n) is 2.13. The Kier molecular flexibility index (Phi) is 2.84. The van der Waals surface area contributed by atoms with Gasteiger partial charge < -0.3 is 20.9 Å². The van der Waals surface area contributed by atoms with Crippen molar-refractivity contribution in [3.63, 3.8) is 0 Å². The van der Waals surface area contributed by atoms with Crippen molar-refractivity contribution in [2.24, 2.45) is 11.5 Å². The largest absolute Gasteiger partial charge is 0.356 e. The molecule has 1 saturated heterocycles. The van der Waals surface area contributed by atoms with Gasteiger partial charge >= 0.3 is 0 Å². The second-order valence-corrected chi connectivity index (χ2v) is 2.98. The van der Waals surface area contributed by atoms with Crippen LogP contribution in [0.25, 0.3) is 0 Å². The molecule has 0 bridgehead atoms. The van der Waals surface area contributed by atoms with Gasteiger partial charge in [-0.3, -0.25) is 0 Å². The summed E-state index contributed by atoms with van der Waals surface area (Å²) in [5.41, 5.74) is 11.5. The first-order chi connectivity index (χ1) is 5.15. The molecule has 4 nitrogen and oxygen atoms in total. The lowest BCUT2D eigenvalue weighted by atomic mass is 9.99. The maximum atomic E-state index is 5.75. The maximum absolute atomic E-state index is 5.75. The van der Waals surface area contributed by atoms with E-state index in [1.165, 1.54) is 0 Å². The van der Waals surface area contributed by atoms with Crippen LogP contribution in [-0.4, -0.2) is 31.6 Å². The predicted octanol–water partition coefficient (Wildman–Crippen LogP) is -0.578. The summed E-state index contributed by atoms with van der Waals surface area (Å²) in [5.74, 6) is 0. The predicted molar refractivity (Wildman–Crippen MR) is 41.9 cm³/mol. The van der Waals surface area contributed by atoms with Crippen LogP contribution in [0.2, 0.25) is 0 Å². The van der Waals surface area contributed by atoms with Crippen molar-refractivity contribution in [1.29, 1.82) is 0 Å². The normalized spacial score (nSPS) is 45.8. The van der Waals surface area contributed by atoms with Gasteiger partial charge in [0.05, 0.1) is 6.10 Å². The lowest BCUT2D eigenvalue weighted by molar-refractivity contribution is -0.184. The Balaban J connectivity index is 2.47. The van der Waals surface area contributed by atoms with E-state index in [2.05, 4.69) is 0 Å². The lowest BCUT2D eigenvalue weighted by Crippen LogP contribution is -2.56. The van der Waals surface area contributed by atoms with Crippen LogP contribution in [0, 0.1) is 0 Å². The van der Waals surface area contributed by atoms with Crippen LogP contribution < -0.4 is 11.5 Å². The number of rotatable bonds is 1. The van der Waals surface area contributed by atoms with E-state index < -0.39 is 0 Å². The van der Waals surface area contributed by atoms with Crippen LogP contribution in [0.15, 0.2) is 0 Å². The van der Waals surface area contributed by atoms with Crippen molar-refractivity contribution in [3.05, 3.63) is 0 Å². The molecule has 0 spiro atoms. The van der Waals surface area contributed by atoms with Crippen LogP contribution >= 0.6 is 0 Å². The van der Waals surface area contributed by atoms with Crippen LogP contribution in [-0.2, 0) is 9.47 Å². The Morgan fingerprint density at radius 2 is 2.09 bits per heavy atom. The van der Waals surface area contributed by atoms with Gasteiger partial charge in [-0.2, -0.15) is 0 Å². The molecular weight excluding hydrogens is 144 g/mol. The molecule has 1 aliphatic rings. The van der Waals surface area contributed by atoms with Gasteiger partial charge in [0, 0.05) is 25.6 Å². The number of hydrogen-bond donors (Lipinski definition) is 2. The summed E-state index contributed by atoms with van der Waals surface area (Å²) in [4.78, 5) is 0. The lowest BCUT2D eigenvalue weighted by Gasteiger charge is -2.36. The molecule has 1 rings (SSSR count). The minimum atomic E-state index is -0.181. The molecular formula is C7H16N2O2. The smallest absolute Gasteiger partial charge is 0.159 e. The van der Waals surface area contributed by atoms with Gasteiger partial charge in [-0.15, -0.1) is 0 Å². The van der Waals surface area contributed by atoms with Gasteiger partial charge in [0.15, 0.2) is 6.29 Å². The van der Waals surface area contributed by atoms with Gasteiger partial charge in [0.25, 0.3) is 0 Å². The summed E-state index contributed by atoms with van der Waals surface area (Å²) < 4.78 is 10.4. The fraction of sp³-hybridized carbons (Fsp3) is 1.00. The van der Waals surface area contributed by atoms with E-state index in [-0.39, 0.29) is 24.5 Å². The number of hydrogen-bond acceptors (Lipinski definition) is 4. The van der Waals surface area contributed by atoms with Gasteiger partial charge in [-0.1, -0.05) is 0 Å². The highest BCUT2D eigenvalue weighted by molar-refractivity contribution is 4.86. The standard InChI is InChI=1S/C7H16N2O2/c1-4-7(9)5(8)3-6(10-2)11-4/h4-7H,3,8-9H2,1-2H3. The van der Waals surface area contributed by atoms with Crippen molar-refractivity contribution in [2.75, 3.05) is 7.11 Å². The minimum Gasteiger partial charge on any atom is -0.356 e. The van der Waals surface area contributed by atoms with Crippen LogP contribution in [0.3, 0.4) is 0 Å². The molecule has 0 amide bonds. The molecule has 0 radical (unpaired) electrons. The summed E-state index contributed by atoms with van der Waals surface area (Å²) in [5, 5.41) is 0. The summed E-state index contributed by atoms with van der Waals surface area (Å²) in [6.45, 7) is 1.91. The van der Waals surface area contributed by atoms with Crippen molar-refractivity contribution in [2.45, 2.75) is 37.8 Å². The maximum Gasteiger partial charge on any atom is 0.159 e. The molecule has 66 valence electrons. The Hall–Kier alpha value is -0.160. The molecule has 1 aliphatic heterocycles. The Bertz CT molecular complexity index is 120. The molecule has 0 aromatic carbocycles. The molecule has 1 fully saturated rings. The molecule has 4 atom stereocenters. The third-order valence-corrected chi connectivity index (χ3v) is 2.13. The topological polar surface area (TPSA) is 70.5 Å². The number of nitrogens with two attached hydrogens (primary N) is 2. The molecule has 4 heteroatoms. The average molecular weight is 160 g/mol. The van der Waals surface area contributed by atoms with Crippen molar-refractivity contribution in [3.8, 4) is 0 Å². The highest BCUT2D eigenvalue weighted by atomic mass is 16.7. The molecule has 1 heterocycles. The first-order valence-corrected chi connectivity index (χ1v) is 3.84.